The SMILES string of the molecule is CC(C)(C)[Si](C)(C)OC[C@@H]1O[C@H](OCc2ccccc2)C=CC1=O. The molecule has 0 aliphatic carbocycles. The number of benzene rings is 1. The van der Waals surface area contributed by atoms with E-state index in [2.05, 4.69) is 33.9 Å². The molecule has 0 fully saturated rings. The molecule has 24 heavy (non-hydrogen) atoms. The van der Waals surface area contributed by atoms with Crippen LogP contribution in [0.3, 0.4) is 0 Å². The predicted octanol–water partition coefficient (Wildman–Crippen LogP) is 4.08. The van der Waals surface area contributed by atoms with Gasteiger partial charge < -0.3 is 13.9 Å². The number of ketones is 1. The normalized spacial score (nSPS) is 22.0. The van der Waals surface area contributed by atoms with Crippen molar-refractivity contribution in [3.05, 3.63) is 48.0 Å². The van der Waals surface area contributed by atoms with E-state index in [0.717, 1.165) is 5.56 Å². The highest BCUT2D eigenvalue weighted by atomic mass is 28.4. The van der Waals surface area contributed by atoms with Crippen LogP contribution in [0.5, 0.6) is 0 Å². The molecule has 0 radical (unpaired) electrons. The Hall–Kier alpha value is -1.27. The molecule has 2 rings (SSSR count). The van der Waals surface area contributed by atoms with Gasteiger partial charge in [0.25, 0.3) is 0 Å². The Morgan fingerprint density at radius 1 is 1.17 bits per heavy atom. The highest BCUT2D eigenvalue weighted by Gasteiger charge is 2.38. The standard InChI is InChI=1S/C19H28O4Si/c1-19(2,3)24(4,5)22-14-17-16(20)11-12-18(23-17)21-13-15-9-7-6-8-10-15/h6-12,17-18H,13-14H2,1-5H3/t17-,18-/m0/s1. The Labute approximate surface area is 145 Å². The van der Waals surface area contributed by atoms with Crippen LogP contribution < -0.4 is 0 Å². The Morgan fingerprint density at radius 3 is 2.46 bits per heavy atom. The first-order chi connectivity index (χ1) is 11.2. The maximum atomic E-state index is 12.0. The molecular formula is C19H28O4Si. The van der Waals surface area contributed by atoms with Crippen LogP contribution in [0, 0.1) is 0 Å². The summed E-state index contributed by atoms with van der Waals surface area (Å²) in [5.41, 5.74) is 1.07. The lowest BCUT2D eigenvalue weighted by molar-refractivity contribution is -0.171. The van der Waals surface area contributed by atoms with Gasteiger partial charge in [0.15, 0.2) is 20.4 Å². The number of hydrogen-bond donors (Lipinski definition) is 0. The Morgan fingerprint density at radius 2 is 1.83 bits per heavy atom. The molecule has 1 aliphatic heterocycles. The minimum Gasteiger partial charge on any atom is -0.414 e. The van der Waals surface area contributed by atoms with E-state index >= 15 is 0 Å². The molecule has 1 aliphatic rings. The second kappa shape index (κ2) is 7.74. The zero-order valence-corrected chi connectivity index (χ0v) is 16.2. The summed E-state index contributed by atoms with van der Waals surface area (Å²) in [6, 6.07) is 9.89. The molecule has 4 nitrogen and oxygen atoms in total. The van der Waals surface area contributed by atoms with E-state index < -0.39 is 20.7 Å². The van der Waals surface area contributed by atoms with Crippen LogP contribution in [0.15, 0.2) is 42.5 Å². The number of hydrogen-bond acceptors (Lipinski definition) is 4. The Bertz CT molecular complexity index is 575. The van der Waals surface area contributed by atoms with Crippen LogP contribution in [0.2, 0.25) is 18.1 Å². The van der Waals surface area contributed by atoms with Crippen molar-refractivity contribution in [2.24, 2.45) is 0 Å². The summed E-state index contributed by atoms with van der Waals surface area (Å²) in [6.45, 7) is 11.6. The summed E-state index contributed by atoms with van der Waals surface area (Å²) in [7, 11) is -1.91. The van der Waals surface area contributed by atoms with Crippen molar-refractivity contribution in [3.8, 4) is 0 Å². The molecular weight excluding hydrogens is 320 g/mol. The second-order valence-corrected chi connectivity index (χ2v) is 12.4. The summed E-state index contributed by atoms with van der Waals surface area (Å²) in [5.74, 6) is -0.0618. The van der Waals surface area contributed by atoms with Crippen LogP contribution >= 0.6 is 0 Å². The topological polar surface area (TPSA) is 44.8 Å². The summed E-state index contributed by atoms with van der Waals surface area (Å²) < 4.78 is 17.6. The molecule has 1 heterocycles. The first-order valence-corrected chi connectivity index (χ1v) is 11.3. The predicted molar refractivity (Wildman–Crippen MR) is 97.2 cm³/mol. The third-order valence-corrected chi connectivity index (χ3v) is 9.19. The molecule has 5 heteroatoms. The molecule has 0 bridgehead atoms. The first-order valence-electron chi connectivity index (χ1n) is 8.36. The van der Waals surface area contributed by atoms with Gasteiger partial charge in [0, 0.05) is 0 Å². The molecule has 0 saturated heterocycles. The van der Waals surface area contributed by atoms with E-state index in [0.29, 0.717) is 6.61 Å². The largest absolute Gasteiger partial charge is 0.414 e. The van der Waals surface area contributed by atoms with Crippen LogP contribution in [0.25, 0.3) is 0 Å². The highest BCUT2D eigenvalue weighted by molar-refractivity contribution is 6.74. The molecule has 1 aromatic rings. The summed E-state index contributed by atoms with van der Waals surface area (Å²) >= 11 is 0. The van der Waals surface area contributed by atoms with Crippen molar-refractivity contribution in [1.82, 2.24) is 0 Å². The Balaban J connectivity index is 1.88. The van der Waals surface area contributed by atoms with Crippen molar-refractivity contribution in [2.75, 3.05) is 6.61 Å². The van der Waals surface area contributed by atoms with E-state index in [1.807, 2.05) is 30.3 Å². The number of carbonyl (C=O) groups is 1. The van der Waals surface area contributed by atoms with Crippen LogP contribution in [-0.4, -0.2) is 33.1 Å². The van der Waals surface area contributed by atoms with E-state index in [4.69, 9.17) is 13.9 Å². The van der Waals surface area contributed by atoms with Gasteiger partial charge in [0.2, 0.25) is 0 Å². The maximum Gasteiger partial charge on any atom is 0.192 e. The van der Waals surface area contributed by atoms with E-state index in [1.165, 1.54) is 0 Å². The van der Waals surface area contributed by atoms with Gasteiger partial charge in [-0.1, -0.05) is 51.1 Å². The monoisotopic (exact) mass is 348 g/mol. The van der Waals surface area contributed by atoms with Gasteiger partial charge in [-0.15, -0.1) is 0 Å². The maximum absolute atomic E-state index is 12.0. The lowest BCUT2D eigenvalue weighted by Gasteiger charge is -2.37. The van der Waals surface area contributed by atoms with Crippen LogP contribution in [0.1, 0.15) is 26.3 Å². The zero-order chi connectivity index (χ0) is 17.8. The smallest absolute Gasteiger partial charge is 0.192 e. The average molecular weight is 349 g/mol. The van der Waals surface area contributed by atoms with Crippen molar-refractivity contribution in [3.63, 3.8) is 0 Å². The fraction of sp³-hybridized carbons (Fsp3) is 0.526. The average Bonchev–Trinajstić information content (AvgIpc) is 2.53. The van der Waals surface area contributed by atoms with Crippen molar-refractivity contribution < 1.29 is 18.7 Å². The van der Waals surface area contributed by atoms with E-state index in [1.54, 1.807) is 12.2 Å². The zero-order valence-electron chi connectivity index (χ0n) is 15.2. The summed E-state index contributed by atoms with van der Waals surface area (Å²) in [4.78, 5) is 12.0. The van der Waals surface area contributed by atoms with Gasteiger partial charge in [0.1, 0.15) is 6.10 Å². The lowest BCUT2D eigenvalue weighted by Crippen LogP contribution is -2.45. The van der Waals surface area contributed by atoms with Gasteiger partial charge >= 0.3 is 0 Å². The molecule has 0 amide bonds. The lowest BCUT2D eigenvalue weighted by atomic mass is 10.2. The van der Waals surface area contributed by atoms with Gasteiger partial charge in [-0.05, 0) is 35.8 Å². The summed E-state index contributed by atoms with van der Waals surface area (Å²) in [6.07, 6.45) is 2.09. The summed E-state index contributed by atoms with van der Waals surface area (Å²) in [5, 5.41) is 0.101. The van der Waals surface area contributed by atoms with E-state index in [9.17, 15) is 4.79 Å². The van der Waals surface area contributed by atoms with Crippen LogP contribution in [0.4, 0.5) is 0 Å². The fourth-order valence-electron chi connectivity index (χ4n) is 2.02. The Kier molecular flexibility index (Phi) is 6.15. The highest BCUT2D eigenvalue weighted by Crippen LogP contribution is 2.36. The fourth-order valence-corrected chi connectivity index (χ4v) is 3.03. The third kappa shape index (κ3) is 5.11. The number of carbonyl (C=O) groups excluding carboxylic acids is 1. The molecule has 132 valence electrons. The molecule has 0 spiro atoms. The van der Waals surface area contributed by atoms with Crippen molar-refractivity contribution >= 4 is 14.1 Å². The molecule has 0 N–H and O–H groups in total. The van der Waals surface area contributed by atoms with Gasteiger partial charge in [-0.2, -0.15) is 0 Å². The van der Waals surface area contributed by atoms with E-state index in [-0.39, 0.29) is 17.4 Å². The molecule has 0 unspecified atom stereocenters. The van der Waals surface area contributed by atoms with Crippen molar-refractivity contribution in [2.45, 2.75) is 57.9 Å². The van der Waals surface area contributed by atoms with Gasteiger partial charge in [-0.3, -0.25) is 4.79 Å². The number of ether oxygens (including phenoxy) is 2. The molecule has 0 aromatic heterocycles. The minimum absolute atomic E-state index is 0.0618. The molecule has 2 atom stereocenters. The number of rotatable bonds is 6. The third-order valence-electron chi connectivity index (χ3n) is 4.69. The van der Waals surface area contributed by atoms with Crippen molar-refractivity contribution in [1.29, 1.82) is 0 Å². The minimum atomic E-state index is -1.91. The van der Waals surface area contributed by atoms with Crippen LogP contribution in [-0.2, 0) is 25.3 Å². The second-order valence-electron chi connectivity index (χ2n) is 7.62. The van der Waals surface area contributed by atoms with Gasteiger partial charge in [-0.25, -0.2) is 0 Å². The van der Waals surface area contributed by atoms with Gasteiger partial charge in [0.05, 0.1) is 13.2 Å². The quantitative estimate of drug-likeness (QED) is 0.727. The molecule has 0 saturated carbocycles. The molecule has 1 aromatic carbocycles. The first kappa shape index (κ1) is 19.1.